The monoisotopic (exact) mass is 229 g/mol. The van der Waals surface area contributed by atoms with E-state index in [1.165, 1.54) is 0 Å². The van der Waals surface area contributed by atoms with E-state index in [1.807, 2.05) is 14.1 Å². The summed E-state index contributed by atoms with van der Waals surface area (Å²) >= 11 is 0. The SMILES string of the molecule is CN(C)C1CCN(C(=O)C(N)CC(=O)O)C1. The van der Waals surface area contributed by atoms with E-state index in [9.17, 15) is 9.59 Å². The third-order valence-electron chi connectivity index (χ3n) is 2.92. The first-order chi connectivity index (χ1) is 7.41. The van der Waals surface area contributed by atoms with E-state index in [-0.39, 0.29) is 12.3 Å². The van der Waals surface area contributed by atoms with Crippen molar-refractivity contribution < 1.29 is 14.7 Å². The highest BCUT2D eigenvalue weighted by Crippen LogP contribution is 2.14. The van der Waals surface area contributed by atoms with Crippen LogP contribution in [0, 0.1) is 0 Å². The van der Waals surface area contributed by atoms with Crippen molar-refractivity contribution in [3.63, 3.8) is 0 Å². The van der Waals surface area contributed by atoms with Crippen LogP contribution in [-0.2, 0) is 9.59 Å². The highest BCUT2D eigenvalue weighted by molar-refractivity contribution is 5.86. The highest BCUT2D eigenvalue weighted by atomic mass is 16.4. The summed E-state index contributed by atoms with van der Waals surface area (Å²) in [6.07, 6.45) is 0.612. The van der Waals surface area contributed by atoms with E-state index in [2.05, 4.69) is 4.90 Å². The van der Waals surface area contributed by atoms with E-state index >= 15 is 0 Å². The summed E-state index contributed by atoms with van der Waals surface area (Å²) in [4.78, 5) is 25.9. The fourth-order valence-electron chi connectivity index (χ4n) is 1.87. The van der Waals surface area contributed by atoms with E-state index in [0.29, 0.717) is 19.1 Å². The highest BCUT2D eigenvalue weighted by Gasteiger charge is 2.30. The van der Waals surface area contributed by atoms with Gasteiger partial charge in [0.15, 0.2) is 0 Å². The molecule has 0 radical (unpaired) electrons. The number of likely N-dealkylation sites (N-methyl/N-ethyl adjacent to an activating group) is 1. The third kappa shape index (κ3) is 3.18. The quantitative estimate of drug-likeness (QED) is 0.642. The summed E-state index contributed by atoms with van der Waals surface area (Å²) < 4.78 is 0. The number of nitrogens with zero attached hydrogens (tertiary/aromatic N) is 2. The van der Waals surface area contributed by atoms with Crippen LogP contribution in [0.15, 0.2) is 0 Å². The number of amides is 1. The Morgan fingerprint density at radius 1 is 1.56 bits per heavy atom. The number of hydrogen-bond acceptors (Lipinski definition) is 4. The topological polar surface area (TPSA) is 86.9 Å². The third-order valence-corrected chi connectivity index (χ3v) is 2.92. The van der Waals surface area contributed by atoms with Crippen LogP contribution in [0.3, 0.4) is 0 Å². The number of likely N-dealkylation sites (tertiary alicyclic amines) is 1. The van der Waals surface area contributed by atoms with Gasteiger partial charge in [0.25, 0.3) is 0 Å². The number of aliphatic carboxylic acids is 1. The predicted molar refractivity (Wildman–Crippen MR) is 58.9 cm³/mol. The molecule has 6 heteroatoms. The average Bonchev–Trinajstić information content (AvgIpc) is 2.64. The van der Waals surface area contributed by atoms with Crippen molar-refractivity contribution in [2.45, 2.75) is 24.9 Å². The van der Waals surface area contributed by atoms with Gasteiger partial charge in [0.2, 0.25) is 5.91 Å². The molecule has 6 nitrogen and oxygen atoms in total. The second kappa shape index (κ2) is 5.27. The summed E-state index contributed by atoms with van der Waals surface area (Å²) in [5, 5.41) is 8.56. The Morgan fingerprint density at radius 3 is 2.62 bits per heavy atom. The molecule has 0 aromatic rings. The number of carbonyl (C=O) groups is 2. The Labute approximate surface area is 95.0 Å². The van der Waals surface area contributed by atoms with Crippen molar-refractivity contribution in [2.75, 3.05) is 27.2 Å². The minimum absolute atomic E-state index is 0.258. The first-order valence-electron chi connectivity index (χ1n) is 5.34. The van der Waals surface area contributed by atoms with Gasteiger partial charge in [-0.25, -0.2) is 0 Å². The van der Waals surface area contributed by atoms with E-state index in [0.717, 1.165) is 6.42 Å². The minimum Gasteiger partial charge on any atom is -0.481 e. The normalized spacial score (nSPS) is 22.5. The molecular formula is C10H19N3O3. The Morgan fingerprint density at radius 2 is 2.19 bits per heavy atom. The molecule has 1 aliphatic rings. The van der Waals surface area contributed by atoms with Crippen molar-refractivity contribution in [1.82, 2.24) is 9.80 Å². The van der Waals surface area contributed by atoms with Crippen molar-refractivity contribution in [3.8, 4) is 0 Å². The van der Waals surface area contributed by atoms with Gasteiger partial charge in [-0.3, -0.25) is 9.59 Å². The number of carboxylic acid groups (broad SMARTS) is 1. The van der Waals surface area contributed by atoms with Gasteiger partial charge in [0.1, 0.15) is 0 Å². The fraction of sp³-hybridized carbons (Fsp3) is 0.800. The molecule has 1 fully saturated rings. The van der Waals surface area contributed by atoms with E-state index < -0.39 is 12.0 Å². The number of hydrogen-bond donors (Lipinski definition) is 2. The molecule has 16 heavy (non-hydrogen) atoms. The minimum atomic E-state index is -1.04. The number of carbonyl (C=O) groups excluding carboxylic acids is 1. The van der Waals surface area contributed by atoms with Crippen LogP contribution in [0.1, 0.15) is 12.8 Å². The van der Waals surface area contributed by atoms with Crippen LogP contribution >= 0.6 is 0 Å². The number of rotatable bonds is 4. The van der Waals surface area contributed by atoms with Gasteiger partial charge in [-0.1, -0.05) is 0 Å². The molecule has 0 aliphatic carbocycles. The van der Waals surface area contributed by atoms with E-state index in [1.54, 1.807) is 4.90 Å². The summed E-state index contributed by atoms with van der Waals surface area (Å²) in [6.45, 7) is 1.30. The molecule has 1 amide bonds. The second-order valence-electron chi connectivity index (χ2n) is 4.39. The smallest absolute Gasteiger partial charge is 0.305 e. The molecule has 0 saturated carbocycles. The summed E-state index contributed by atoms with van der Waals surface area (Å²) in [5.74, 6) is -1.30. The van der Waals surface area contributed by atoms with E-state index in [4.69, 9.17) is 10.8 Å². The first kappa shape index (κ1) is 12.9. The molecule has 92 valence electrons. The predicted octanol–water partition coefficient (Wildman–Crippen LogP) is -1.05. The van der Waals surface area contributed by atoms with Gasteiger partial charge in [-0.15, -0.1) is 0 Å². The molecule has 0 aromatic heterocycles. The summed E-state index contributed by atoms with van der Waals surface area (Å²) in [7, 11) is 3.94. The summed E-state index contributed by atoms with van der Waals surface area (Å²) in [5.41, 5.74) is 5.53. The fourth-order valence-corrected chi connectivity index (χ4v) is 1.87. The molecule has 1 rings (SSSR count). The van der Waals surface area contributed by atoms with Crippen molar-refractivity contribution in [3.05, 3.63) is 0 Å². The lowest BCUT2D eigenvalue weighted by Crippen LogP contribution is -2.44. The number of carboxylic acids is 1. The maximum atomic E-state index is 11.8. The molecule has 1 saturated heterocycles. The lowest BCUT2D eigenvalue weighted by atomic mass is 10.2. The second-order valence-corrected chi connectivity index (χ2v) is 4.39. The molecule has 0 spiro atoms. The van der Waals surface area contributed by atoms with Crippen LogP contribution in [0.2, 0.25) is 0 Å². The van der Waals surface area contributed by atoms with Gasteiger partial charge in [-0.2, -0.15) is 0 Å². The average molecular weight is 229 g/mol. The van der Waals surface area contributed by atoms with Gasteiger partial charge in [0, 0.05) is 19.1 Å². The zero-order valence-corrected chi connectivity index (χ0v) is 9.72. The Kier molecular flexibility index (Phi) is 4.26. The van der Waals surface area contributed by atoms with Gasteiger partial charge in [0.05, 0.1) is 12.5 Å². The Hall–Kier alpha value is -1.14. The molecule has 1 aliphatic heterocycles. The van der Waals surface area contributed by atoms with Gasteiger partial charge < -0.3 is 20.6 Å². The lowest BCUT2D eigenvalue weighted by Gasteiger charge is -2.22. The molecular weight excluding hydrogens is 210 g/mol. The molecule has 2 atom stereocenters. The Bertz CT molecular complexity index is 280. The first-order valence-corrected chi connectivity index (χ1v) is 5.34. The summed E-state index contributed by atoms with van der Waals surface area (Å²) in [6, 6.07) is -0.570. The van der Waals surface area contributed by atoms with Crippen molar-refractivity contribution in [1.29, 1.82) is 0 Å². The lowest BCUT2D eigenvalue weighted by molar-refractivity contribution is -0.141. The molecule has 0 aromatic carbocycles. The Balaban J connectivity index is 2.47. The maximum Gasteiger partial charge on any atom is 0.305 e. The zero-order chi connectivity index (χ0) is 12.3. The van der Waals surface area contributed by atoms with Crippen LogP contribution in [0.4, 0.5) is 0 Å². The van der Waals surface area contributed by atoms with Crippen LogP contribution < -0.4 is 5.73 Å². The number of nitrogens with two attached hydrogens (primary N) is 1. The van der Waals surface area contributed by atoms with Crippen molar-refractivity contribution in [2.24, 2.45) is 5.73 Å². The van der Waals surface area contributed by atoms with Crippen molar-refractivity contribution >= 4 is 11.9 Å². The molecule has 0 bridgehead atoms. The molecule has 1 heterocycles. The standard InChI is InChI=1S/C10H19N3O3/c1-12(2)7-3-4-13(6-7)10(16)8(11)5-9(14)15/h7-8H,3-6,11H2,1-2H3,(H,14,15). The molecule has 3 N–H and O–H groups in total. The molecule has 2 unspecified atom stereocenters. The largest absolute Gasteiger partial charge is 0.481 e. The van der Waals surface area contributed by atoms with Crippen LogP contribution in [-0.4, -0.2) is 66.1 Å². The maximum absolute atomic E-state index is 11.8. The van der Waals surface area contributed by atoms with Gasteiger partial charge >= 0.3 is 5.97 Å². The zero-order valence-electron chi connectivity index (χ0n) is 9.72. The van der Waals surface area contributed by atoms with Crippen LogP contribution in [0.25, 0.3) is 0 Å². The van der Waals surface area contributed by atoms with Gasteiger partial charge in [-0.05, 0) is 20.5 Å². The van der Waals surface area contributed by atoms with Crippen LogP contribution in [0.5, 0.6) is 0 Å².